The zero-order valence-electron chi connectivity index (χ0n) is 27.1. The SMILES string of the molecule is N#Cc1ccc(-c2ccc3cc(-n4c5ccccc5c5c(-c6ccc7c(c6)c6ccccc6n7-c6ccccc6)cccc54)ccc3c2)cc1. The number of hydrogen-bond donors (Lipinski definition) is 0. The molecule has 0 spiro atoms. The summed E-state index contributed by atoms with van der Waals surface area (Å²) >= 11 is 0. The number of para-hydroxylation sites is 3. The lowest BCUT2D eigenvalue weighted by atomic mass is 9.98. The number of fused-ring (bicyclic) bond motifs is 7. The van der Waals surface area contributed by atoms with Crippen molar-refractivity contribution in [2.75, 3.05) is 0 Å². The van der Waals surface area contributed by atoms with E-state index in [1.807, 2.05) is 24.3 Å². The molecule has 8 aromatic carbocycles. The highest BCUT2D eigenvalue weighted by molar-refractivity contribution is 6.17. The molecule has 3 nitrogen and oxygen atoms in total. The van der Waals surface area contributed by atoms with E-state index in [-0.39, 0.29) is 0 Å². The van der Waals surface area contributed by atoms with Crippen LogP contribution in [0.2, 0.25) is 0 Å². The van der Waals surface area contributed by atoms with Crippen molar-refractivity contribution in [1.82, 2.24) is 9.13 Å². The molecule has 0 radical (unpaired) electrons. The molecule has 10 rings (SSSR count). The van der Waals surface area contributed by atoms with Crippen LogP contribution >= 0.6 is 0 Å². The Hall–Kier alpha value is -6.89. The van der Waals surface area contributed by atoms with Crippen LogP contribution < -0.4 is 0 Å². The molecule has 0 saturated carbocycles. The van der Waals surface area contributed by atoms with E-state index < -0.39 is 0 Å². The standard InChI is InChI=1S/C47H29N3/c48-30-31-17-19-32(20-18-31)33-21-22-35-28-38(25-23-34(35)27-33)50-44-15-7-5-12-41(44)47-39(13-8-16-46(47)50)36-24-26-45-42(29-36)40-11-4-6-14-43(40)49(45)37-9-2-1-3-10-37/h1-29H. The van der Waals surface area contributed by atoms with Gasteiger partial charge in [-0.05, 0) is 106 Å². The predicted octanol–water partition coefficient (Wildman–Crippen LogP) is 12.2. The molecule has 0 aliphatic rings. The molecule has 0 bridgehead atoms. The third kappa shape index (κ3) is 4.29. The highest BCUT2D eigenvalue weighted by Gasteiger charge is 2.18. The van der Waals surface area contributed by atoms with Crippen molar-refractivity contribution in [3.63, 3.8) is 0 Å². The molecule has 0 unspecified atom stereocenters. The highest BCUT2D eigenvalue weighted by Crippen LogP contribution is 2.41. The fourth-order valence-corrected chi connectivity index (χ4v) is 7.82. The summed E-state index contributed by atoms with van der Waals surface area (Å²) in [5.41, 5.74) is 12.4. The Morgan fingerprint density at radius 2 is 1.00 bits per heavy atom. The molecular weight excluding hydrogens is 607 g/mol. The molecule has 3 heteroatoms. The van der Waals surface area contributed by atoms with Crippen LogP contribution in [0.1, 0.15) is 5.56 Å². The van der Waals surface area contributed by atoms with Crippen molar-refractivity contribution >= 4 is 54.4 Å². The summed E-state index contributed by atoms with van der Waals surface area (Å²) in [5.74, 6) is 0. The van der Waals surface area contributed by atoms with Gasteiger partial charge in [0.2, 0.25) is 0 Å². The van der Waals surface area contributed by atoms with Crippen LogP contribution in [0.15, 0.2) is 176 Å². The maximum Gasteiger partial charge on any atom is 0.0991 e. The minimum atomic E-state index is 0.671. The van der Waals surface area contributed by atoms with E-state index in [9.17, 15) is 5.26 Å². The molecule has 2 heterocycles. The molecule has 2 aromatic heterocycles. The minimum absolute atomic E-state index is 0.671. The van der Waals surface area contributed by atoms with Gasteiger partial charge in [0, 0.05) is 32.9 Å². The topological polar surface area (TPSA) is 33.6 Å². The van der Waals surface area contributed by atoms with Gasteiger partial charge in [-0.1, -0.05) is 103 Å². The summed E-state index contributed by atoms with van der Waals surface area (Å²) in [5, 5.41) is 16.6. The lowest BCUT2D eigenvalue weighted by Crippen LogP contribution is -1.94. The van der Waals surface area contributed by atoms with E-state index in [4.69, 9.17) is 0 Å². The van der Waals surface area contributed by atoms with Crippen molar-refractivity contribution < 1.29 is 0 Å². The Morgan fingerprint density at radius 1 is 0.380 bits per heavy atom. The van der Waals surface area contributed by atoms with Crippen LogP contribution in [-0.2, 0) is 0 Å². The van der Waals surface area contributed by atoms with E-state index in [2.05, 4.69) is 167 Å². The van der Waals surface area contributed by atoms with Gasteiger partial charge in [-0.15, -0.1) is 0 Å². The van der Waals surface area contributed by atoms with E-state index in [1.54, 1.807) is 0 Å². The maximum atomic E-state index is 9.21. The molecule has 232 valence electrons. The van der Waals surface area contributed by atoms with Crippen molar-refractivity contribution in [2.24, 2.45) is 0 Å². The molecule has 0 amide bonds. The van der Waals surface area contributed by atoms with Crippen LogP contribution in [0.3, 0.4) is 0 Å². The third-order valence-electron chi connectivity index (χ3n) is 10.1. The van der Waals surface area contributed by atoms with Gasteiger partial charge >= 0.3 is 0 Å². The van der Waals surface area contributed by atoms with Gasteiger partial charge in [-0.2, -0.15) is 5.26 Å². The fraction of sp³-hybridized carbons (Fsp3) is 0. The molecule has 10 aromatic rings. The summed E-state index contributed by atoms with van der Waals surface area (Å²) in [6.45, 7) is 0. The average Bonchev–Trinajstić information content (AvgIpc) is 3.70. The Balaban J connectivity index is 1.14. The summed E-state index contributed by atoms with van der Waals surface area (Å²) in [7, 11) is 0. The molecule has 0 aliphatic heterocycles. The van der Waals surface area contributed by atoms with Crippen LogP contribution in [0.4, 0.5) is 0 Å². The lowest BCUT2D eigenvalue weighted by Gasteiger charge is -2.11. The fourth-order valence-electron chi connectivity index (χ4n) is 7.82. The third-order valence-corrected chi connectivity index (χ3v) is 10.1. The second kappa shape index (κ2) is 11.1. The predicted molar refractivity (Wildman–Crippen MR) is 208 cm³/mol. The summed E-state index contributed by atoms with van der Waals surface area (Å²) < 4.78 is 4.77. The Kier molecular flexibility index (Phi) is 6.24. The first-order valence-electron chi connectivity index (χ1n) is 16.9. The van der Waals surface area contributed by atoms with Gasteiger partial charge in [-0.3, -0.25) is 0 Å². The first kappa shape index (κ1) is 28.2. The van der Waals surface area contributed by atoms with Crippen LogP contribution in [-0.4, -0.2) is 9.13 Å². The molecule has 0 fully saturated rings. The van der Waals surface area contributed by atoms with Gasteiger partial charge in [0.25, 0.3) is 0 Å². The molecule has 50 heavy (non-hydrogen) atoms. The zero-order valence-corrected chi connectivity index (χ0v) is 27.1. The monoisotopic (exact) mass is 635 g/mol. The molecule has 0 atom stereocenters. The number of aromatic nitrogens is 2. The lowest BCUT2D eigenvalue weighted by molar-refractivity contribution is 1.18. The first-order valence-corrected chi connectivity index (χ1v) is 16.9. The largest absolute Gasteiger partial charge is 0.309 e. The highest BCUT2D eigenvalue weighted by atomic mass is 15.0. The first-order chi connectivity index (χ1) is 24.7. The summed E-state index contributed by atoms with van der Waals surface area (Å²) in [4.78, 5) is 0. The van der Waals surface area contributed by atoms with Crippen molar-refractivity contribution in [1.29, 1.82) is 5.26 Å². The quantitative estimate of drug-likeness (QED) is 0.189. The summed E-state index contributed by atoms with van der Waals surface area (Å²) in [6, 6.07) is 65.1. The Morgan fingerprint density at radius 3 is 1.82 bits per heavy atom. The van der Waals surface area contributed by atoms with Crippen LogP contribution in [0.5, 0.6) is 0 Å². The van der Waals surface area contributed by atoms with Crippen molar-refractivity contribution in [3.8, 4) is 39.7 Å². The van der Waals surface area contributed by atoms with Gasteiger partial charge < -0.3 is 9.13 Å². The van der Waals surface area contributed by atoms with Gasteiger partial charge in [-0.25, -0.2) is 0 Å². The van der Waals surface area contributed by atoms with Crippen LogP contribution in [0, 0.1) is 11.3 Å². The van der Waals surface area contributed by atoms with Crippen molar-refractivity contribution in [2.45, 2.75) is 0 Å². The van der Waals surface area contributed by atoms with Crippen LogP contribution in [0.25, 0.3) is 88.0 Å². The average molecular weight is 636 g/mol. The van der Waals surface area contributed by atoms with E-state index >= 15 is 0 Å². The van der Waals surface area contributed by atoms with E-state index in [0.29, 0.717) is 5.56 Å². The van der Waals surface area contributed by atoms with Gasteiger partial charge in [0.15, 0.2) is 0 Å². The number of benzene rings is 8. The van der Waals surface area contributed by atoms with Crippen molar-refractivity contribution in [3.05, 3.63) is 181 Å². The molecule has 0 saturated heterocycles. The normalized spacial score (nSPS) is 11.6. The molecule has 0 N–H and O–H groups in total. The molecule has 0 aliphatic carbocycles. The Bertz CT molecular complexity index is 2970. The second-order valence-corrected chi connectivity index (χ2v) is 12.9. The Labute approximate surface area is 289 Å². The zero-order chi connectivity index (χ0) is 33.2. The number of hydrogen-bond acceptors (Lipinski definition) is 1. The minimum Gasteiger partial charge on any atom is -0.309 e. The van der Waals surface area contributed by atoms with E-state index in [0.717, 1.165) is 22.5 Å². The second-order valence-electron chi connectivity index (χ2n) is 12.9. The van der Waals surface area contributed by atoms with E-state index in [1.165, 1.54) is 65.5 Å². The summed E-state index contributed by atoms with van der Waals surface area (Å²) in [6.07, 6.45) is 0. The van der Waals surface area contributed by atoms with Gasteiger partial charge in [0.05, 0.1) is 33.7 Å². The smallest absolute Gasteiger partial charge is 0.0991 e. The maximum absolute atomic E-state index is 9.21. The number of nitrogens with zero attached hydrogens (tertiary/aromatic N) is 3. The number of nitriles is 1. The number of rotatable bonds is 4. The molecular formula is C47H29N3. The van der Waals surface area contributed by atoms with Gasteiger partial charge in [0.1, 0.15) is 0 Å².